The molecule has 1 aromatic rings. The highest BCUT2D eigenvalue weighted by molar-refractivity contribution is 5.79. The lowest BCUT2D eigenvalue weighted by Crippen LogP contribution is -2.44. The number of likely N-dealkylation sites (tertiary alicyclic amines) is 1. The minimum Gasteiger partial charge on any atom is -0.481 e. The fourth-order valence-electron chi connectivity index (χ4n) is 2.43. The van der Waals surface area contributed by atoms with Crippen LogP contribution in [0.2, 0.25) is 0 Å². The van der Waals surface area contributed by atoms with Crippen molar-refractivity contribution in [1.82, 2.24) is 15.2 Å². The van der Waals surface area contributed by atoms with E-state index in [0.717, 1.165) is 5.56 Å². The van der Waals surface area contributed by atoms with Crippen LogP contribution in [0.1, 0.15) is 18.4 Å². The number of rotatable bonds is 4. The fraction of sp³-hybridized carbons (Fsp3) is 0.500. The first-order chi connectivity index (χ1) is 10.1. The Kier molecular flexibility index (Phi) is 4.97. The number of hydrogen-bond acceptors (Lipinski definition) is 4. The topological polar surface area (TPSA) is 97.6 Å². The van der Waals surface area contributed by atoms with Gasteiger partial charge in [0, 0.05) is 37.3 Å². The summed E-state index contributed by atoms with van der Waals surface area (Å²) in [5.74, 6) is 0.426. The van der Waals surface area contributed by atoms with Gasteiger partial charge in [-0.05, 0) is 18.9 Å². The molecule has 1 saturated heterocycles. The van der Waals surface area contributed by atoms with Gasteiger partial charge in [-0.25, -0.2) is 9.78 Å². The second-order valence-corrected chi connectivity index (χ2v) is 4.99. The third-order valence-corrected chi connectivity index (χ3v) is 3.67. The predicted octanol–water partition coefficient (Wildman–Crippen LogP) is 0.497. The predicted molar refractivity (Wildman–Crippen MR) is 76.5 cm³/mol. The Balaban J connectivity index is 1.84. The van der Waals surface area contributed by atoms with Gasteiger partial charge < -0.3 is 20.7 Å². The van der Waals surface area contributed by atoms with Crippen LogP contribution in [0, 0.1) is 5.92 Å². The molecule has 114 valence electrons. The number of pyridine rings is 1. The lowest BCUT2D eigenvalue weighted by Gasteiger charge is -2.30. The van der Waals surface area contributed by atoms with Crippen molar-refractivity contribution < 1.29 is 14.3 Å². The summed E-state index contributed by atoms with van der Waals surface area (Å²) in [6.45, 7) is 1.44. The summed E-state index contributed by atoms with van der Waals surface area (Å²) in [5.41, 5.74) is 6.06. The molecule has 7 heteroatoms. The number of nitrogens with zero attached hydrogens (tertiary/aromatic N) is 2. The first kappa shape index (κ1) is 15.1. The number of primary amides is 1. The number of aromatic nitrogens is 1. The maximum atomic E-state index is 12.1. The van der Waals surface area contributed by atoms with E-state index in [2.05, 4.69) is 10.3 Å². The minimum absolute atomic E-state index is 0.00923. The Bertz CT molecular complexity index is 513. The lowest BCUT2D eigenvalue weighted by molar-refractivity contribution is -0.126. The van der Waals surface area contributed by atoms with Crippen LogP contribution in [0.15, 0.2) is 18.3 Å². The van der Waals surface area contributed by atoms with E-state index in [0.29, 0.717) is 38.4 Å². The molecular weight excluding hydrogens is 272 g/mol. The molecule has 0 bridgehead atoms. The van der Waals surface area contributed by atoms with Gasteiger partial charge >= 0.3 is 6.03 Å². The van der Waals surface area contributed by atoms with Gasteiger partial charge in [-0.1, -0.05) is 6.07 Å². The van der Waals surface area contributed by atoms with E-state index in [-0.39, 0.29) is 11.8 Å². The summed E-state index contributed by atoms with van der Waals surface area (Å²) in [7, 11) is 1.55. The molecule has 0 aliphatic carbocycles. The van der Waals surface area contributed by atoms with Gasteiger partial charge in [0.15, 0.2) is 0 Å². The zero-order valence-corrected chi connectivity index (χ0v) is 12.0. The van der Waals surface area contributed by atoms with E-state index in [1.807, 2.05) is 6.07 Å². The summed E-state index contributed by atoms with van der Waals surface area (Å²) in [6.07, 6.45) is 2.92. The first-order valence-corrected chi connectivity index (χ1v) is 6.91. The number of carbonyl (C=O) groups is 2. The van der Waals surface area contributed by atoms with Gasteiger partial charge in [0.1, 0.15) is 0 Å². The van der Waals surface area contributed by atoms with Crippen molar-refractivity contribution in [2.45, 2.75) is 19.4 Å². The summed E-state index contributed by atoms with van der Waals surface area (Å²) < 4.78 is 5.14. The molecule has 1 fully saturated rings. The van der Waals surface area contributed by atoms with Gasteiger partial charge in [-0.15, -0.1) is 0 Å². The molecular formula is C14H20N4O3. The minimum atomic E-state index is -0.422. The van der Waals surface area contributed by atoms with E-state index < -0.39 is 6.03 Å². The van der Waals surface area contributed by atoms with Crippen molar-refractivity contribution in [3.63, 3.8) is 0 Å². The van der Waals surface area contributed by atoms with Crippen LogP contribution >= 0.6 is 0 Å². The van der Waals surface area contributed by atoms with Crippen LogP contribution < -0.4 is 15.8 Å². The number of nitrogens with one attached hydrogen (secondary N) is 1. The van der Waals surface area contributed by atoms with Crippen molar-refractivity contribution in [3.05, 3.63) is 23.9 Å². The van der Waals surface area contributed by atoms with Crippen LogP contribution in [-0.2, 0) is 11.3 Å². The fourth-order valence-corrected chi connectivity index (χ4v) is 2.43. The largest absolute Gasteiger partial charge is 0.481 e. The number of amides is 3. The average molecular weight is 292 g/mol. The Morgan fingerprint density at radius 2 is 2.19 bits per heavy atom. The van der Waals surface area contributed by atoms with Gasteiger partial charge in [-0.2, -0.15) is 0 Å². The molecule has 2 heterocycles. The third kappa shape index (κ3) is 3.84. The monoisotopic (exact) mass is 292 g/mol. The van der Waals surface area contributed by atoms with E-state index in [9.17, 15) is 9.59 Å². The highest BCUT2D eigenvalue weighted by Crippen LogP contribution is 2.18. The Morgan fingerprint density at radius 3 is 2.81 bits per heavy atom. The molecule has 0 aromatic carbocycles. The number of ether oxygens (including phenoxy) is 1. The van der Waals surface area contributed by atoms with E-state index in [4.69, 9.17) is 10.5 Å². The smallest absolute Gasteiger partial charge is 0.314 e. The number of piperidine rings is 1. The highest BCUT2D eigenvalue weighted by atomic mass is 16.5. The second-order valence-electron chi connectivity index (χ2n) is 4.99. The second kappa shape index (κ2) is 6.92. The van der Waals surface area contributed by atoms with Crippen molar-refractivity contribution in [3.8, 4) is 5.88 Å². The number of urea groups is 1. The van der Waals surface area contributed by atoms with Crippen molar-refractivity contribution in [2.24, 2.45) is 11.7 Å². The highest BCUT2D eigenvalue weighted by Gasteiger charge is 2.26. The van der Waals surface area contributed by atoms with Crippen LogP contribution in [0.3, 0.4) is 0 Å². The Labute approximate surface area is 123 Å². The summed E-state index contributed by atoms with van der Waals surface area (Å²) in [4.78, 5) is 28.8. The third-order valence-electron chi connectivity index (χ3n) is 3.67. The molecule has 2 rings (SSSR count). The first-order valence-electron chi connectivity index (χ1n) is 6.91. The Hall–Kier alpha value is -2.31. The van der Waals surface area contributed by atoms with Gasteiger partial charge in [-0.3, -0.25) is 4.79 Å². The molecule has 7 nitrogen and oxygen atoms in total. The van der Waals surface area contributed by atoms with Crippen LogP contribution in [0.4, 0.5) is 4.79 Å². The van der Waals surface area contributed by atoms with Gasteiger partial charge in [0.05, 0.1) is 7.11 Å². The number of hydrogen-bond donors (Lipinski definition) is 2. The maximum absolute atomic E-state index is 12.1. The van der Waals surface area contributed by atoms with Gasteiger partial charge in [0.25, 0.3) is 0 Å². The standard InChI is InChI=1S/C14H20N4O3/c1-21-13-11(3-2-6-16-13)9-17-12(19)10-4-7-18(8-5-10)14(15)20/h2-3,6,10H,4-5,7-9H2,1H3,(H2,15,20)(H,17,19). The number of carbonyl (C=O) groups excluding carboxylic acids is 2. The molecule has 0 spiro atoms. The van der Waals surface area contributed by atoms with Crippen molar-refractivity contribution in [1.29, 1.82) is 0 Å². The number of methoxy groups -OCH3 is 1. The molecule has 3 N–H and O–H groups in total. The lowest BCUT2D eigenvalue weighted by atomic mass is 9.96. The quantitative estimate of drug-likeness (QED) is 0.844. The van der Waals surface area contributed by atoms with E-state index >= 15 is 0 Å². The van der Waals surface area contributed by atoms with Crippen molar-refractivity contribution >= 4 is 11.9 Å². The maximum Gasteiger partial charge on any atom is 0.314 e. The van der Waals surface area contributed by atoms with Crippen molar-refractivity contribution in [2.75, 3.05) is 20.2 Å². The Morgan fingerprint density at radius 1 is 1.48 bits per heavy atom. The molecule has 1 aliphatic heterocycles. The molecule has 0 unspecified atom stereocenters. The van der Waals surface area contributed by atoms with Crippen LogP contribution in [0.25, 0.3) is 0 Å². The average Bonchev–Trinajstić information content (AvgIpc) is 2.52. The molecule has 3 amide bonds. The van der Waals surface area contributed by atoms with Gasteiger partial charge in [0.2, 0.25) is 11.8 Å². The van der Waals surface area contributed by atoms with E-state index in [1.54, 1.807) is 24.3 Å². The molecule has 0 saturated carbocycles. The molecule has 1 aliphatic rings. The SMILES string of the molecule is COc1ncccc1CNC(=O)C1CCN(C(N)=O)CC1. The summed E-state index contributed by atoms with van der Waals surface area (Å²) in [6, 6.07) is 3.24. The van der Waals surface area contributed by atoms with Crippen LogP contribution in [-0.4, -0.2) is 42.0 Å². The normalized spacial score (nSPS) is 15.6. The van der Waals surface area contributed by atoms with Crippen LogP contribution in [0.5, 0.6) is 5.88 Å². The zero-order valence-electron chi connectivity index (χ0n) is 12.0. The molecule has 1 aromatic heterocycles. The zero-order chi connectivity index (χ0) is 15.2. The molecule has 21 heavy (non-hydrogen) atoms. The summed E-state index contributed by atoms with van der Waals surface area (Å²) >= 11 is 0. The van der Waals surface area contributed by atoms with E-state index in [1.165, 1.54) is 0 Å². The number of nitrogens with two attached hydrogens (primary N) is 1. The molecule has 0 radical (unpaired) electrons. The molecule has 0 atom stereocenters. The summed E-state index contributed by atoms with van der Waals surface area (Å²) in [5, 5.41) is 2.89.